The van der Waals surface area contributed by atoms with Gasteiger partial charge < -0.3 is 15.5 Å². The fourth-order valence-corrected chi connectivity index (χ4v) is 3.67. The Morgan fingerprint density at radius 1 is 1.09 bits per heavy atom. The summed E-state index contributed by atoms with van der Waals surface area (Å²) in [6, 6.07) is 7.95. The van der Waals surface area contributed by atoms with Crippen LogP contribution in [0.25, 0.3) is 0 Å². The van der Waals surface area contributed by atoms with Gasteiger partial charge in [-0.25, -0.2) is 13.6 Å². The summed E-state index contributed by atoms with van der Waals surface area (Å²) in [7, 11) is 0. The van der Waals surface area contributed by atoms with E-state index < -0.39 is 41.6 Å². The normalized spacial score (nSPS) is 17.7. The molecule has 2 aromatic rings. The minimum atomic E-state index is -1.86. The highest BCUT2D eigenvalue weighted by Crippen LogP contribution is 2.31. The second-order valence-electron chi connectivity index (χ2n) is 7.68. The third-order valence-electron chi connectivity index (χ3n) is 5.49. The first kappa shape index (κ1) is 23.8. The fraction of sp³-hybridized carbons (Fsp3) is 0.304. The SMILES string of the molecule is CCN(CC)C(=O)c1cccc(NC(=O)CN2C(=O)NC(C)(c3cc(F)ccc3F)C2=O)c1. The van der Waals surface area contributed by atoms with Crippen molar-refractivity contribution < 1.29 is 28.0 Å². The zero-order valence-electron chi connectivity index (χ0n) is 18.4. The Bertz CT molecular complexity index is 1120. The number of urea groups is 1. The maximum Gasteiger partial charge on any atom is 0.325 e. The number of carbonyl (C=O) groups excluding carboxylic acids is 4. The van der Waals surface area contributed by atoms with E-state index in [1.54, 1.807) is 23.1 Å². The summed E-state index contributed by atoms with van der Waals surface area (Å²) < 4.78 is 27.9. The molecular formula is C23H24F2N4O4. The molecule has 33 heavy (non-hydrogen) atoms. The van der Waals surface area contributed by atoms with E-state index >= 15 is 0 Å². The number of nitrogens with one attached hydrogen (secondary N) is 2. The van der Waals surface area contributed by atoms with Gasteiger partial charge >= 0.3 is 6.03 Å². The third kappa shape index (κ3) is 4.69. The van der Waals surface area contributed by atoms with Crippen molar-refractivity contribution in [2.75, 3.05) is 25.0 Å². The molecule has 0 spiro atoms. The third-order valence-corrected chi connectivity index (χ3v) is 5.49. The average molecular weight is 458 g/mol. The van der Waals surface area contributed by atoms with Gasteiger partial charge in [-0.15, -0.1) is 0 Å². The topological polar surface area (TPSA) is 98.8 Å². The highest BCUT2D eigenvalue weighted by Gasteiger charge is 2.50. The molecule has 0 bridgehead atoms. The summed E-state index contributed by atoms with van der Waals surface area (Å²) in [6.07, 6.45) is 0. The Balaban J connectivity index is 1.74. The maximum absolute atomic E-state index is 14.3. The minimum absolute atomic E-state index is 0.196. The van der Waals surface area contributed by atoms with Crippen LogP contribution in [-0.2, 0) is 15.1 Å². The molecule has 5 amide bonds. The first-order valence-electron chi connectivity index (χ1n) is 10.4. The largest absolute Gasteiger partial charge is 0.339 e. The molecule has 0 aromatic heterocycles. The Morgan fingerprint density at radius 2 is 1.79 bits per heavy atom. The molecule has 1 aliphatic rings. The molecule has 1 aliphatic heterocycles. The molecule has 8 nitrogen and oxygen atoms in total. The number of carbonyl (C=O) groups is 4. The van der Waals surface area contributed by atoms with Crippen molar-refractivity contribution in [3.8, 4) is 0 Å². The molecule has 0 radical (unpaired) electrons. The Hall–Kier alpha value is -3.82. The first-order chi connectivity index (χ1) is 15.6. The Labute approximate surface area is 189 Å². The first-order valence-corrected chi connectivity index (χ1v) is 10.4. The molecule has 1 atom stereocenters. The number of hydrogen-bond acceptors (Lipinski definition) is 4. The fourth-order valence-electron chi connectivity index (χ4n) is 3.67. The van der Waals surface area contributed by atoms with Crippen LogP contribution in [0.3, 0.4) is 0 Å². The Morgan fingerprint density at radius 3 is 2.45 bits per heavy atom. The molecule has 1 heterocycles. The van der Waals surface area contributed by atoms with Crippen LogP contribution < -0.4 is 10.6 Å². The summed E-state index contributed by atoms with van der Waals surface area (Å²) in [4.78, 5) is 52.6. The van der Waals surface area contributed by atoms with E-state index in [1.165, 1.54) is 13.0 Å². The average Bonchev–Trinajstić information content (AvgIpc) is 3.00. The smallest absolute Gasteiger partial charge is 0.325 e. The van der Waals surface area contributed by atoms with Gasteiger partial charge in [-0.05, 0) is 57.2 Å². The number of anilines is 1. The molecule has 2 N–H and O–H groups in total. The summed E-state index contributed by atoms with van der Waals surface area (Å²) in [5, 5.41) is 4.88. The van der Waals surface area contributed by atoms with Crippen LogP contribution in [0, 0.1) is 11.6 Å². The molecule has 174 valence electrons. The second-order valence-corrected chi connectivity index (χ2v) is 7.68. The monoisotopic (exact) mass is 458 g/mol. The number of hydrogen-bond donors (Lipinski definition) is 2. The van der Waals surface area contributed by atoms with Gasteiger partial charge in [0.15, 0.2) is 0 Å². The zero-order valence-corrected chi connectivity index (χ0v) is 18.4. The van der Waals surface area contributed by atoms with Crippen molar-refractivity contribution >= 4 is 29.4 Å². The number of imide groups is 1. The lowest BCUT2D eigenvalue weighted by atomic mass is 9.91. The van der Waals surface area contributed by atoms with E-state index in [4.69, 9.17) is 0 Å². The van der Waals surface area contributed by atoms with Crippen molar-refractivity contribution in [2.24, 2.45) is 0 Å². The van der Waals surface area contributed by atoms with Gasteiger partial charge in [0.2, 0.25) is 5.91 Å². The van der Waals surface area contributed by atoms with Gasteiger partial charge in [0.05, 0.1) is 0 Å². The van der Waals surface area contributed by atoms with Gasteiger partial charge in [0, 0.05) is 29.9 Å². The van der Waals surface area contributed by atoms with Gasteiger partial charge in [0.25, 0.3) is 11.8 Å². The second kappa shape index (κ2) is 9.35. The predicted octanol–water partition coefficient (Wildman–Crippen LogP) is 2.85. The van der Waals surface area contributed by atoms with E-state index in [0.717, 1.165) is 18.2 Å². The van der Waals surface area contributed by atoms with Crippen molar-refractivity contribution in [3.63, 3.8) is 0 Å². The van der Waals surface area contributed by atoms with E-state index in [9.17, 15) is 28.0 Å². The number of benzene rings is 2. The van der Waals surface area contributed by atoms with E-state index in [2.05, 4.69) is 10.6 Å². The summed E-state index contributed by atoms with van der Waals surface area (Å²) in [6.45, 7) is 5.37. The van der Waals surface area contributed by atoms with Gasteiger partial charge in [-0.3, -0.25) is 19.3 Å². The van der Waals surface area contributed by atoms with Crippen LogP contribution in [0.2, 0.25) is 0 Å². The molecule has 1 saturated heterocycles. The van der Waals surface area contributed by atoms with E-state index in [0.29, 0.717) is 29.2 Å². The lowest BCUT2D eigenvalue weighted by Gasteiger charge is -2.22. The highest BCUT2D eigenvalue weighted by atomic mass is 19.1. The van der Waals surface area contributed by atoms with Crippen LogP contribution in [-0.4, -0.2) is 53.2 Å². The molecule has 10 heteroatoms. The number of amides is 5. The highest BCUT2D eigenvalue weighted by molar-refractivity contribution is 6.10. The van der Waals surface area contributed by atoms with E-state index in [1.807, 2.05) is 13.8 Å². The minimum Gasteiger partial charge on any atom is -0.339 e. The summed E-state index contributed by atoms with van der Waals surface area (Å²) >= 11 is 0. The summed E-state index contributed by atoms with van der Waals surface area (Å²) in [5.74, 6) is -3.43. The molecule has 1 fully saturated rings. The van der Waals surface area contributed by atoms with Crippen LogP contribution in [0.15, 0.2) is 42.5 Å². The lowest BCUT2D eigenvalue weighted by molar-refractivity contribution is -0.133. The number of nitrogens with zero attached hydrogens (tertiary/aromatic N) is 2. The number of halogens is 2. The molecule has 3 rings (SSSR count). The molecule has 1 unspecified atom stereocenters. The van der Waals surface area contributed by atoms with Crippen molar-refractivity contribution in [1.29, 1.82) is 0 Å². The van der Waals surface area contributed by atoms with Gasteiger partial charge in [-0.1, -0.05) is 6.07 Å². The van der Waals surface area contributed by atoms with Gasteiger partial charge in [-0.2, -0.15) is 0 Å². The summed E-state index contributed by atoms with van der Waals surface area (Å²) in [5.41, 5.74) is -1.52. The molecule has 0 aliphatic carbocycles. The quantitative estimate of drug-likeness (QED) is 0.624. The van der Waals surface area contributed by atoms with Crippen LogP contribution in [0.5, 0.6) is 0 Å². The van der Waals surface area contributed by atoms with Crippen molar-refractivity contribution in [2.45, 2.75) is 26.3 Å². The predicted molar refractivity (Wildman–Crippen MR) is 116 cm³/mol. The molecule has 2 aromatic carbocycles. The van der Waals surface area contributed by atoms with Crippen LogP contribution in [0.1, 0.15) is 36.7 Å². The van der Waals surface area contributed by atoms with Crippen molar-refractivity contribution in [1.82, 2.24) is 15.1 Å². The maximum atomic E-state index is 14.3. The standard InChI is InChI=1S/C23H24F2N4O4/c1-4-28(5-2)20(31)14-7-6-8-16(11-14)26-19(30)13-29-21(32)23(3,27-22(29)33)17-12-15(24)9-10-18(17)25/h6-12H,4-5,13H2,1-3H3,(H,26,30)(H,27,33). The van der Waals surface area contributed by atoms with Crippen LogP contribution >= 0.6 is 0 Å². The van der Waals surface area contributed by atoms with Crippen LogP contribution in [0.4, 0.5) is 19.3 Å². The van der Waals surface area contributed by atoms with Gasteiger partial charge in [0.1, 0.15) is 23.7 Å². The van der Waals surface area contributed by atoms with Crippen molar-refractivity contribution in [3.05, 3.63) is 65.2 Å². The molecule has 0 saturated carbocycles. The number of rotatable bonds is 7. The van der Waals surface area contributed by atoms with E-state index in [-0.39, 0.29) is 11.5 Å². The zero-order chi connectivity index (χ0) is 24.3. The lowest BCUT2D eigenvalue weighted by Crippen LogP contribution is -2.42. The molecular weight excluding hydrogens is 434 g/mol. The Kier molecular flexibility index (Phi) is 6.75.